The molecule has 2 heterocycles. The number of carbonyl (C=O) groups is 2. The fourth-order valence-corrected chi connectivity index (χ4v) is 4.85. The first-order valence-electron chi connectivity index (χ1n) is 11.1. The van der Waals surface area contributed by atoms with Gasteiger partial charge < -0.3 is 25.0 Å². The molecule has 2 aliphatic heterocycles. The second kappa shape index (κ2) is 7.99. The van der Waals surface area contributed by atoms with E-state index < -0.39 is 5.66 Å². The van der Waals surface area contributed by atoms with Gasteiger partial charge in [-0.25, -0.2) is 0 Å². The summed E-state index contributed by atoms with van der Waals surface area (Å²) in [6, 6.07) is 15.2. The molecule has 33 heavy (non-hydrogen) atoms. The predicted molar refractivity (Wildman–Crippen MR) is 127 cm³/mol. The van der Waals surface area contributed by atoms with E-state index in [4.69, 9.17) is 9.47 Å². The lowest BCUT2D eigenvalue weighted by Crippen LogP contribution is -2.62. The molecule has 3 aromatic rings. The molecule has 3 aromatic carbocycles. The van der Waals surface area contributed by atoms with Crippen LogP contribution >= 0.6 is 0 Å². The van der Waals surface area contributed by atoms with Gasteiger partial charge in [0.25, 0.3) is 11.8 Å². The van der Waals surface area contributed by atoms with Gasteiger partial charge in [-0.05, 0) is 37.3 Å². The highest BCUT2D eigenvalue weighted by molar-refractivity contribution is 6.03. The van der Waals surface area contributed by atoms with Crippen molar-refractivity contribution in [2.45, 2.75) is 25.4 Å². The number of ether oxygens (including phenoxy) is 2. The van der Waals surface area contributed by atoms with Crippen LogP contribution in [0.3, 0.4) is 0 Å². The van der Waals surface area contributed by atoms with Crippen LogP contribution in [0.1, 0.15) is 39.1 Å². The van der Waals surface area contributed by atoms with E-state index in [0.29, 0.717) is 48.6 Å². The fourth-order valence-electron chi connectivity index (χ4n) is 4.85. The number of benzene rings is 3. The summed E-state index contributed by atoms with van der Waals surface area (Å²) < 4.78 is 11.1. The van der Waals surface area contributed by atoms with Gasteiger partial charge in [0.2, 0.25) is 0 Å². The zero-order chi connectivity index (χ0) is 23.2. The Labute approximate surface area is 192 Å². The smallest absolute Gasteiger partial charge is 0.255 e. The molecule has 0 saturated carbocycles. The molecule has 2 amide bonds. The maximum atomic E-state index is 13.4. The molecule has 0 atom stereocenters. The molecule has 1 spiro atoms. The van der Waals surface area contributed by atoms with Gasteiger partial charge in [0.05, 0.1) is 19.8 Å². The van der Waals surface area contributed by atoms with Crippen molar-refractivity contribution in [3.63, 3.8) is 0 Å². The van der Waals surface area contributed by atoms with E-state index in [9.17, 15) is 9.59 Å². The lowest BCUT2D eigenvalue weighted by atomic mass is 9.91. The Morgan fingerprint density at radius 1 is 0.939 bits per heavy atom. The Kier molecular flexibility index (Phi) is 5.12. The van der Waals surface area contributed by atoms with E-state index in [1.165, 1.54) is 0 Å². The number of fused-ring (bicyclic) bond motifs is 2. The van der Waals surface area contributed by atoms with Crippen molar-refractivity contribution in [1.29, 1.82) is 0 Å². The summed E-state index contributed by atoms with van der Waals surface area (Å²) in [5.74, 6) is 1.20. The first kappa shape index (κ1) is 21.1. The molecular formula is C26H27N3O4. The highest BCUT2D eigenvalue weighted by Gasteiger charge is 2.41. The van der Waals surface area contributed by atoms with Gasteiger partial charge in [-0.3, -0.25) is 9.59 Å². The summed E-state index contributed by atoms with van der Waals surface area (Å²) in [5.41, 5.74) is 2.57. The number of methoxy groups -OCH3 is 2. The van der Waals surface area contributed by atoms with Gasteiger partial charge in [0, 0.05) is 48.0 Å². The number of piperidine rings is 1. The Morgan fingerprint density at radius 3 is 2.42 bits per heavy atom. The number of nitrogens with one attached hydrogen (secondary N) is 2. The van der Waals surface area contributed by atoms with Crippen LogP contribution in [-0.2, 0) is 0 Å². The van der Waals surface area contributed by atoms with Crippen molar-refractivity contribution < 1.29 is 19.1 Å². The molecule has 0 aromatic heterocycles. The molecular weight excluding hydrogens is 418 g/mol. The molecule has 0 radical (unpaired) electrons. The molecule has 0 bridgehead atoms. The van der Waals surface area contributed by atoms with E-state index in [1.54, 1.807) is 20.3 Å². The molecule has 0 aliphatic carbocycles. The Balaban J connectivity index is 1.38. The molecule has 7 heteroatoms. The van der Waals surface area contributed by atoms with E-state index in [0.717, 1.165) is 22.0 Å². The van der Waals surface area contributed by atoms with Gasteiger partial charge in [-0.2, -0.15) is 0 Å². The van der Waals surface area contributed by atoms with Crippen LogP contribution in [-0.4, -0.2) is 49.7 Å². The van der Waals surface area contributed by atoms with Crippen molar-refractivity contribution in [1.82, 2.24) is 10.2 Å². The maximum absolute atomic E-state index is 13.4. The molecule has 1 saturated heterocycles. The lowest BCUT2D eigenvalue weighted by Gasteiger charge is -2.46. The Morgan fingerprint density at radius 2 is 1.70 bits per heavy atom. The van der Waals surface area contributed by atoms with Crippen LogP contribution in [0.5, 0.6) is 11.5 Å². The van der Waals surface area contributed by atoms with Crippen LogP contribution in [0.2, 0.25) is 0 Å². The molecule has 0 unspecified atom stereocenters. The minimum Gasteiger partial charge on any atom is -0.496 e. The molecule has 170 valence electrons. The zero-order valence-electron chi connectivity index (χ0n) is 19.0. The number of nitrogens with zero attached hydrogens (tertiary/aromatic N) is 1. The van der Waals surface area contributed by atoms with Gasteiger partial charge >= 0.3 is 0 Å². The number of hydrogen-bond acceptors (Lipinski definition) is 5. The average Bonchev–Trinajstić information content (AvgIpc) is 2.83. The van der Waals surface area contributed by atoms with Crippen molar-refractivity contribution in [2.24, 2.45) is 0 Å². The maximum Gasteiger partial charge on any atom is 0.255 e. The van der Waals surface area contributed by atoms with Crippen molar-refractivity contribution in [3.05, 3.63) is 65.2 Å². The molecule has 7 nitrogen and oxygen atoms in total. The third kappa shape index (κ3) is 3.63. The van der Waals surface area contributed by atoms with Crippen LogP contribution in [0.25, 0.3) is 10.8 Å². The molecule has 2 aliphatic rings. The van der Waals surface area contributed by atoms with Crippen molar-refractivity contribution in [3.8, 4) is 11.5 Å². The SMILES string of the molecule is COc1cc(C(=O)N2CCC3(CC2)NC(=O)c2cc(C)ccc2N3)cc2c(OC)cccc12. The van der Waals surface area contributed by atoms with Crippen LogP contribution < -0.4 is 20.1 Å². The zero-order valence-corrected chi connectivity index (χ0v) is 19.0. The summed E-state index contributed by atoms with van der Waals surface area (Å²) in [7, 11) is 3.22. The minimum absolute atomic E-state index is 0.0610. The summed E-state index contributed by atoms with van der Waals surface area (Å²) in [6.45, 7) is 3.03. The van der Waals surface area contributed by atoms with Crippen LogP contribution in [0, 0.1) is 6.92 Å². The van der Waals surface area contributed by atoms with E-state index in [1.807, 2.05) is 54.3 Å². The molecule has 1 fully saturated rings. The quantitative estimate of drug-likeness (QED) is 0.638. The monoisotopic (exact) mass is 445 g/mol. The second-order valence-corrected chi connectivity index (χ2v) is 8.74. The van der Waals surface area contributed by atoms with Gasteiger partial charge in [-0.1, -0.05) is 23.8 Å². The highest BCUT2D eigenvalue weighted by atomic mass is 16.5. The molecule has 2 N–H and O–H groups in total. The lowest BCUT2D eigenvalue weighted by molar-refractivity contribution is 0.0639. The normalized spacial score (nSPS) is 16.7. The topological polar surface area (TPSA) is 79.9 Å². The first-order chi connectivity index (χ1) is 15.9. The number of aryl methyl sites for hydroxylation is 1. The number of carbonyl (C=O) groups excluding carboxylic acids is 2. The summed E-state index contributed by atoms with van der Waals surface area (Å²) >= 11 is 0. The summed E-state index contributed by atoms with van der Waals surface area (Å²) in [4.78, 5) is 28.0. The Bertz CT molecular complexity index is 1260. The average molecular weight is 446 g/mol. The number of likely N-dealkylation sites (tertiary alicyclic amines) is 1. The van der Waals surface area contributed by atoms with Crippen LogP contribution in [0.15, 0.2) is 48.5 Å². The van der Waals surface area contributed by atoms with E-state index in [-0.39, 0.29) is 11.8 Å². The minimum atomic E-state index is -0.541. The number of anilines is 1. The van der Waals surface area contributed by atoms with E-state index in [2.05, 4.69) is 10.6 Å². The number of hydrogen-bond donors (Lipinski definition) is 2. The summed E-state index contributed by atoms with van der Waals surface area (Å²) in [5, 5.41) is 8.40. The van der Waals surface area contributed by atoms with Crippen molar-refractivity contribution >= 4 is 28.3 Å². The van der Waals surface area contributed by atoms with Gasteiger partial charge in [0.15, 0.2) is 0 Å². The Hall–Kier alpha value is -3.74. The largest absolute Gasteiger partial charge is 0.496 e. The van der Waals surface area contributed by atoms with Gasteiger partial charge in [0.1, 0.15) is 17.2 Å². The van der Waals surface area contributed by atoms with Crippen molar-refractivity contribution in [2.75, 3.05) is 32.6 Å². The first-order valence-corrected chi connectivity index (χ1v) is 11.1. The van der Waals surface area contributed by atoms with Crippen LogP contribution in [0.4, 0.5) is 5.69 Å². The number of amides is 2. The summed E-state index contributed by atoms with van der Waals surface area (Å²) in [6.07, 6.45) is 1.23. The fraction of sp³-hybridized carbons (Fsp3) is 0.308. The van der Waals surface area contributed by atoms with Gasteiger partial charge in [-0.15, -0.1) is 0 Å². The predicted octanol–water partition coefficient (Wildman–Crippen LogP) is 3.95. The van der Waals surface area contributed by atoms with E-state index >= 15 is 0 Å². The third-order valence-electron chi connectivity index (χ3n) is 6.66. The number of rotatable bonds is 3. The molecule has 5 rings (SSSR count). The standard InChI is InChI=1S/C26H27N3O4/c1-16-7-8-21-20(13-16)24(30)28-26(27-21)9-11-29(12-10-26)25(31)17-14-19-18(23(15-17)33-3)5-4-6-22(19)32-2/h4-8,13-15,27H,9-12H2,1-3H3,(H,28,30). The second-order valence-electron chi connectivity index (χ2n) is 8.74. The third-order valence-corrected chi connectivity index (χ3v) is 6.66. The highest BCUT2D eigenvalue weighted by Crippen LogP contribution is 2.35.